The number of benzene rings is 1. The molecule has 1 aromatic carbocycles. The van der Waals surface area contributed by atoms with Crippen LogP contribution in [0, 0.1) is 12.8 Å². The highest BCUT2D eigenvalue weighted by Crippen LogP contribution is 2.25. The van der Waals surface area contributed by atoms with Crippen molar-refractivity contribution in [1.82, 2.24) is 24.9 Å². The molecular formula is C22H27N5OS. The molecule has 0 N–H and O–H groups in total. The minimum atomic E-state index is -0.0865. The highest BCUT2D eigenvalue weighted by molar-refractivity contribution is 7.09. The van der Waals surface area contributed by atoms with Gasteiger partial charge in [0.25, 0.3) is 5.91 Å². The van der Waals surface area contributed by atoms with Gasteiger partial charge in [-0.15, -0.1) is 16.4 Å². The van der Waals surface area contributed by atoms with Gasteiger partial charge in [-0.05, 0) is 31.2 Å². The van der Waals surface area contributed by atoms with Crippen molar-refractivity contribution in [3.63, 3.8) is 0 Å². The van der Waals surface area contributed by atoms with E-state index in [1.165, 1.54) is 32.1 Å². The number of aromatic nitrogens is 4. The summed E-state index contributed by atoms with van der Waals surface area (Å²) in [5.74, 6) is 0.560. The lowest BCUT2D eigenvalue weighted by atomic mass is 9.89. The Morgan fingerprint density at radius 2 is 1.97 bits per heavy atom. The third-order valence-corrected chi connectivity index (χ3v) is 6.53. The maximum Gasteiger partial charge on any atom is 0.276 e. The van der Waals surface area contributed by atoms with Crippen LogP contribution in [0.4, 0.5) is 0 Å². The van der Waals surface area contributed by atoms with Gasteiger partial charge in [-0.1, -0.05) is 54.8 Å². The predicted molar refractivity (Wildman–Crippen MR) is 113 cm³/mol. The van der Waals surface area contributed by atoms with E-state index in [1.807, 2.05) is 58.5 Å². The Kier molecular flexibility index (Phi) is 6.34. The molecule has 0 aliphatic heterocycles. The van der Waals surface area contributed by atoms with E-state index < -0.39 is 0 Å². The van der Waals surface area contributed by atoms with E-state index in [-0.39, 0.29) is 5.91 Å². The van der Waals surface area contributed by atoms with E-state index in [9.17, 15) is 4.79 Å². The van der Waals surface area contributed by atoms with Crippen molar-refractivity contribution in [3.8, 4) is 0 Å². The fourth-order valence-electron chi connectivity index (χ4n) is 3.94. The van der Waals surface area contributed by atoms with Gasteiger partial charge in [0, 0.05) is 18.0 Å². The summed E-state index contributed by atoms with van der Waals surface area (Å²) in [6, 6.07) is 10.1. The molecule has 1 aliphatic carbocycles. The van der Waals surface area contributed by atoms with Gasteiger partial charge < -0.3 is 4.90 Å². The van der Waals surface area contributed by atoms with Crippen LogP contribution in [0.3, 0.4) is 0 Å². The van der Waals surface area contributed by atoms with Crippen LogP contribution in [0.25, 0.3) is 0 Å². The van der Waals surface area contributed by atoms with Crippen LogP contribution in [0.5, 0.6) is 0 Å². The maximum atomic E-state index is 13.3. The van der Waals surface area contributed by atoms with Crippen molar-refractivity contribution in [3.05, 3.63) is 63.9 Å². The summed E-state index contributed by atoms with van der Waals surface area (Å²) < 4.78 is 1.85. The molecule has 1 amide bonds. The second-order valence-electron chi connectivity index (χ2n) is 7.84. The standard InChI is InChI=1S/C22H27N5OS/c1-17-21(29-16-23-17)15-26(12-18-8-4-2-5-9-18)22(28)20-14-27(25-24-20)13-19-10-6-3-7-11-19/h2,4-5,8-9,14,16,19H,3,6-7,10-13,15H2,1H3. The lowest BCUT2D eigenvalue weighted by Crippen LogP contribution is -2.30. The monoisotopic (exact) mass is 409 g/mol. The molecule has 6 nitrogen and oxygen atoms in total. The van der Waals surface area contributed by atoms with Crippen molar-refractivity contribution in [2.45, 2.75) is 58.7 Å². The largest absolute Gasteiger partial charge is 0.328 e. The first-order chi connectivity index (χ1) is 14.2. The van der Waals surface area contributed by atoms with Crippen molar-refractivity contribution >= 4 is 17.2 Å². The first kappa shape index (κ1) is 19.8. The van der Waals surface area contributed by atoms with Crippen LogP contribution in [0.15, 0.2) is 42.0 Å². The van der Waals surface area contributed by atoms with Gasteiger partial charge in [0.2, 0.25) is 0 Å². The van der Waals surface area contributed by atoms with Crippen LogP contribution in [-0.2, 0) is 19.6 Å². The van der Waals surface area contributed by atoms with E-state index in [0.29, 0.717) is 24.7 Å². The second kappa shape index (κ2) is 9.31. The molecule has 0 saturated heterocycles. The van der Waals surface area contributed by atoms with Gasteiger partial charge in [0.1, 0.15) is 0 Å². The van der Waals surface area contributed by atoms with E-state index in [0.717, 1.165) is 22.7 Å². The Bertz CT molecular complexity index is 930. The predicted octanol–water partition coefficient (Wildman–Crippen LogP) is 4.47. The third kappa shape index (κ3) is 5.09. The molecule has 3 aromatic rings. The molecule has 2 aromatic heterocycles. The lowest BCUT2D eigenvalue weighted by Gasteiger charge is -2.22. The summed E-state index contributed by atoms with van der Waals surface area (Å²) in [5.41, 5.74) is 4.31. The van der Waals surface area contributed by atoms with E-state index in [1.54, 1.807) is 11.3 Å². The van der Waals surface area contributed by atoms with Gasteiger partial charge in [-0.2, -0.15) is 0 Å². The Labute approximate surface area is 175 Å². The van der Waals surface area contributed by atoms with Gasteiger partial charge in [-0.25, -0.2) is 4.98 Å². The van der Waals surface area contributed by atoms with Crippen molar-refractivity contribution < 1.29 is 4.79 Å². The highest BCUT2D eigenvalue weighted by Gasteiger charge is 2.22. The molecule has 152 valence electrons. The van der Waals surface area contributed by atoms with Gasteiger partial charge in [0.05, 0.1) is 23.9 Å². The lowest BCUT2D eigenvalue weighted by molar-refractivity contribution is 0.0725. The van der Waals surface area contributed by atoms with Gasteiger partial charge in [-0.3, -0.25) is 9.48 Å². The SMILES string of the molecule is Cc1ncsc1CN(Cc1ccccc1)C(=O)c1cn(CC2CCCCC2)nn1. The molecule has 7 heteroatoms. The number of nitrogens with zero attached hydrogens (tertiary/aromatic N) is 5. The maximum absolute atomic E-state index is 13.3. The summed E-state index contributed by atoms with van der Waals surface area (Å²) in [6.45, 7) is 3.90. The second-order valence-corrected chi connectivity index (χ2v) is 8.78. The number of rotatable bonds is 7. The molecule has 29 heavy (non-hydrogen) atoms. The van der Waals surface area contributed by atoms with Crippen LogP contribution >= 0.6 is 11.3 Å². The molecule has 0 radical (unpaired) electrons. The zero-order valence-electron chi connectivity index (χ0n) is 16.8. The number of thiazole rings is 1. The Hall–Kier alpha value is -2.54. The first-order valence-electron chi connectivity index (χ1n) is 10.3. The van der Waals surface area contributed by atoms with Gasteiger partial charge >= 0.3 is 0 Å². The fourth-order valence-corrected chi connectivity index (χ4v) is 4.73. The number of hydrogen-bond donors (Lipinski definition) is 0. The summed E-state index contributed by atoms with van der Waals surface area (Å²) in [4.78, 5) is 20.6. The summed E-state index contributed by atoms with van der Waals surface area (Å²) >= 11 is 1.58. The normalized spacial score (nSPS) is 14.8. The number of amides is 1. The highest BCUT2D eigenvalue weighted by atomic mass is 32.1. The Morgan fingerprint density at radius 3 is 2.69 bits per heavy atom. The number of carbonyl (C=O) groups is 1. The molecule has 0 unspecified atom stereocenters. The van der Waals surface area contributed by atoms with Crippen LogP contribution < -0.4 is 0 Å². The first-order valence-corrected chi connectivity index (χ1v) is 11.2. The van der Waals surface area contributed by atoms with Crippen molar-refractivity contribution in [2.24, 2.45) is 5.92 Å². The zero-order valence-corrected chi connectivity index (χ0v) is 17.6. The van der Waals surface area contributed by atoms with Crippen LogP contribution in [-0.4, -0.2) is 30.8 Å². The number of carbonyl (C=O) groups excluding carboxylic acids is 1. The van der Waals surface area contributed by atoms with Crippen LogP contribution in [0.1, 0.15) is 58.7 Å². The summed E-state index contributed by atoms with van der Waals surface area (Å²) in [5, 5.41) is 8.45. The summed E-state index contributed by atoms with van der Waals surface area (Å²) in [7, 11) is 0. The van der Waals surface area contributed by atoms with Gasteiger partial charge in [0.15, 0.2) is 5.69 Å². The molecule has 0 spiro atoms. The van der Waals surface area contributed by atoms with E-state index in [4.69, 9.17) is 0 Å². The molecule has 1 aliphatic rings. The summed E-state index contributed by atoms with van der Waals surface area (Å²) in [6.07, 6.45) is 8.23. The molecular weight excluding hydrogens is 382 g/mol. The van der Waals surface area contributed by atoms with Crippen LogP contribution in [0.2, 0.25) is 0 Å². The minimum absolute atomic E-state index is 0.0865. The molecule has 0 bridgehead atoms. The molecule has 1 fully saturated rings. The average molecular weight is 410 g/mol. The zero-order chi connectivity index (χ0) is 20.1. The molecule has 4 rings (SSSR count). The third-order valence-electron chi connectivity index (χ3n) is 5.61. The smallest absolute Gasteiger partial charge is 0.276 e. The fraction of sp³-hybridized carbons (Fsp3) is 0.455. The minimum Gasteiger partial charge on any atom is -0.328 e. The quantitative estimate of drug-likeness (QED) is 0.578. The molecule has 1 saturated carbocycles. The topological polar surface area (TPSA) is 63.9 Å². The number of aryl methyl sites for hydroxylation is 1. The van der Waals surface area contributed by atoms with E-state index >= 15 is 0 Å². The Morgan fingerprint density at radius 1 is 1.17 bits per heavy atom. The molecule has 2 heterocycles. The average Bonchev–Trinajstić information content (AvgIpc) is 3.38. The van der Waals surface area contributed by atoms with Crippen molar-refractivity contribution in [1.29, 1.82) is 0 Å². The molecule has 0 atom stereocenters. The number of hydrogen-bond acceptors (Lipinski definition) is 5. The van der Waals surface area contributed by atoms with Crippen molar-refractivity contribution in [2.75, 3.05) is 0 Å². The van der Waals surface area contributed by atoms with E-state index in [2.05, 4.69) is 15.3 Å². The Balaban J connectivity index is 1.50.